The first-order valence-corrected chi connectivity index (χ1v) is 11.7. The maximum atomic E-state index is 12.2. The number of sulfonamides is 1. The van der Waals surface area contributed by atoms with Crippen LogP contribution in [0.15, 0.2) is 34.2 Å². The van der Waals surface area contributed by atoms with E-state index in [1.165, 1.54) is 0 Å². The van der Waals surface area contributed by atoms with E-state index < -0.39 is 10.0 Å². The van der Waals surface area contributed by atoms with Crippen LogP contribution in [0, 0.1) is 0 Å². The van der Waals surface area contributed by atoms with Crippen LogP contribution in [-0.4, -0.2) is 46.7 Å². The summed E-state index contributed by atoms with van der Waals surface area (Å²) in [5, 5.41) is 6.52. The van der Waals surface area contributed by atoms with Crippen molar-refractivity contribution in [2.45, 2.75) is 63.4 Å². The number of aliphatic imine (C=N–C) groups is 1. The molecule has 28 heavy (non-hydrogen) atoms. The molecule has 0 bridgehead atoms. The number of ether oxygens (including phenoxy) is 1. The van der Waals surface area contributed by atoms with Crippen LogP contribution in [0.5, 0.6) is 0 Å². The first kappa shape index (κ1) is 22.6. The zero-order chi connectivity index (χ0) is 20.2. The van der Waals surface area contributed by atoms with Gasteiger partial charge in [0.25, 0.3) is 0 Å². The highest BCUT2D eigenvalue weighted by molar-refractivity contribution is 7.89. The van der Waals surface area contributed by atoms with Crippen molar-refractivity contribution in [2.75, 3.05) is 26.3 Å². The number of guanidine groups is 1. The lowest BCUT2D eigenvalue weighted by molar-refractivity contribution is 0.129. The lowest BCUT2D eigenvalue weighted by Crippen LogP contribution is -2.38. The Kier molecular flexibility index (Phi) is 9.73. The Morgan fingerprint density at radius 1 is 1.11 bits per heavy atom. The van der Waals surface area contributed by atoms with Crippen molar-refractivity contribution in [1.82, 2.24) is 15.4 Å². The molecule has 8 heteroatoms. The van der Waals surface area contributed by atoms with Crippen LogP contribution >= 0.6 is 0 Å². The smallest absolute Gasteiger partial charge is 0.240 e. The summed E-state index contributed by atoms with van der Waals surface area (Å²) in [7, 11) is -3.40. The van der Waals surface area contributed by atoms with Gasteiger partial charge in [-0.3, -0.25) is 0 Å². The van der Waals surface area contributed by atoms with Gasteiger partial charge in [-0.25, -0.2) is 18.1 Å². The highest BCUT2D eigenvalue weighted by Crippen LogP contribution is 2.22. The van der Waals surface area contributed by atoms with E-state index in [2.05, 4.69) is 27.3 Å². The molecule has 158 valence electrons. The van der Waals surface area contributed by atoms with Crippen LogP contribution < -0.4 is 15.4 Å². The van der Waals surface area contributed by atoms with Gasteiger partial charge in [0.1, 0.15) is 0 Å². The molecule has 2 rings (SSSR count). The lowest BCUT2D eigenvalue weighted by atomic mass is 10.2. The molecule has 0 atom stereocenters. The Morgan fingerprint density at radius 2 is 1.82 bits per heavy atom. The molecule has 0 heterocycles. The van der Waals surface area contributed by atoms with Crippen molar-refractivity contribution in [3.05, 3.63) is 29.8 Å². The Hall–Kier alpha value is -1.64. The van der Waals surface area contributed by atoms with Crippen molar-refractivity contribution < 1.29 is 13.2 Å². The van der Waals surface area contributed by atoms with Crippen molar-refractivity contribution in [3.8, 4) is 0 Å². The van der Waals surface area contributed by atoms with Gasteiger partial charge in [0.15, 0.2) is 5.96 Å². The third kappa shape index (κ3) is 8.58. The SMILES string of the molecule is CCCCOCCCNC(=NCc1ccc(S(=O)(=O)NC2CC2)cc1)NCC. The molecular weight excluding hydrogens is 376 g/mol. The molecule has 7 nitrogen and oxygen atoms in total. The van der Waals surface area contributed by atoms with Gasteiger partial charge in [0.05, 0.1) is 11.4 Å². The molecule has 1 aliphatic carbocycles. The highest BCUT2D eigenvalue weighted by atomic mass is 32.2. The predicted octanol–water partition coefficient (Wildman–Crippen LogP) is 2.39. The second kappa shape index (κ2) is 12.0. The van der Waals surface area contributed by atoms with E-state index in [1.807, 2.05) is 19.1 Å². The third-order valence-corrected chi connectivity index (χ3v) is 5.83. The molecule has 0 aliphatic heterocycles. The van der Waals surface area contributed by atoms with Gasteiger partial charge in [0, 0.05) is 32.3 Å². The Morgan fingerprint density at radius 3 is 2.46 bits per heavy atom. The maximum Gasteiger partial charge on any atom is 0.240 e. The molecule has 1 aromatic rings. The van der Waals surface area contributed by atoms with E-state index in [1.54, 1.807) is 12.1 Å². The molecule has 3 N–H and O–H groups in total. The molecule has 0 aromatic heterocycles. The minimum absolute atomic E-state index is 0.111. The topological polar surface area (TPSA) is 91.8 Å². The van der Waals surface area contributed by atoms with E-state index >= 15 is 0 Å². The van der Waals surface area contributed by atoms with Gasteiger partial charge in [-0.15, -0.1) is 0 Å². The quantitative estimate of drug-likeness (QED) is 0.264. The summed E-state index contributed by atoms with van der Waals surface area (Å²) in [6, 6.07) is 7.03. The number of rotatable bonds is 13. The van der Waals surface area contributed by atoms with Gasteiger partial charge in [-0.05, 0) is 50.3 Å². The van der Waals surface area contributed by atoms with Crippen molar-refractivity contribution >= 4 is 16.0 Å². The average Bonchev–Trinajstić information content (AvgIpc) is 3.49. The number of hydrogen-bond acceptors (Lipinski definition) is 4. The zero-order valence-electron chi connectivity index (χ0n) is 17.0. The first-order chi connectivity index (χ1) is 13.5. The minimum atomic E-state index is -3.40. The number of hydrogen-bond donors (Lipinski definition) is 3. The van der Waals surface area contributed by atoms with E-state index in [9.17, 15) is 8.42 Å². The van der Waals surface area contributed by atoms with Crippen LogP contribution in [0.3, 0.4) is 0 Å². The number of nitrogens with zero attached hydrogens (tertiary/aromatic N) is 1. The summed E-state index contributed by atoms with van der Waals surface area (Å²) in [6.07, 6.45) is 5.04. The van der Waals surface area contributed by atoms with Gasteiger partial charge < -0.3 is 15.4 Å². The first-order valence-electron chi connectivity index (χ1n) is 10.3. The molecule has 1 saturated carbocycles. The van der Waals surface area contributed by atoms with Gasteiger partial charge >= 0.3 is 0 Å². The fraction of sp³-hybridized carbons (Fsp3) is 0.650. The molecule has 0 amide bonds. The van der Waals surface area contributed by atoms with Crippen LogP contribution in [0.1, 0.15) is 51.5 Å². The highest BCUT2D eigenvalue weighted by Gasteiger charge is 2.27. The number of benzene rings is 1. The van der Waals surface area contributed by atoms with Gasteiger partial charge in [-0.2, -0.15) is 0 Å². The maximum absolute atomic E-state index is 12.2. The predicted molar refractivity (Wildman–Crippen MR) is 113 cm³/mol. The third-order valence-electron chi connectivity index (χ3n) is 4.30. The second-order valence-electron chi connectivity index (χ2n) is 6.98. The monoisotopic (exact) mass is 410 g/mol. The van der Waals surface area contributed by atoms with Crippen LogP contribution in [0.2, 0.25) is 0 Å². The molecule has 0 spiro atoms. The standard InChI is InChI=1S/C20H34N4O3S/c1-3-5-14-27-15-6-13-22-20(21-4-2)23-16-17-7-11-19(12-8-17)28(25,26)24-18-9-10-18/h7-8,11-12,18,24H,3-6,9-10,13-16H2,1-2H3,(H2,21,22,23). The van der Waals surface area contributed by atoms with Crippen molar-refractivity contribution in [3.63, 3.8) is 0 Å². The summed E-state index contributed by atoms with van der Waals surface area (Å²) in [5.41, 5.74) is 0.963. The van der Waals surface area contributed by atoms with Crippen LogP contribution in [0.25, 0.3) is 0 Å². The van der Waals surface area contributed by atoms with Crippen LogP contribution in [-0.2, 0) is 21.3 Å². The summed E-state index contributed by atoms with van der Waals surface area (Å²) in [5.74, 6) is 0.753. The summed E-state index contributed by atoms with van der Waals surface area (Å²) >= 11 is 0. The fourth-order valence-corrected chi connectivity index (χ4v) is 3.81. The minimum Gasteiger partial charge on any atom is -0.381 e. The van der Waals surface area contributed by atoms with Gasteiger partial charge in [-0.1, -0.05) is 25.5 Å². The van der Waals surface area contributed by atoms with E-state index in [-0.39, 0.29) is 6.04 Å². The van der Waals surface area contributed by atoms with Gasteiger partial charge in [0.2, 0.25) is 10.0 Å². The zero-order valence-corrected chi connectivity index (χ0v) is 17.9. The molecule has 1 fully saturated rings. The summed E-state index contributed by atoms with van der Waals surface area (Å²) in [4.78, 5) is 4.88. The molecular formula is C20H34N4O3S. The van der Waals surface area contributed by atoms with E-state index in [0.717, 1.165) is 69.9 Å². The van der Waals surface area contributed by atoms with Crippen molar-refractivity contribution in [2.24, 2.45) is 4.99 Å². The normalized spacial score (nSPS) is 14.9. The number of nitrogens with one attached hydrogen (secondary N) is 3. The van der Waals surface area contributed by atoms with Crippen molar-refractivity contribution in [1.29, 1.82) is 0 Å². The Bertz CT molecular complexity index is 701. The molecule has 0 radical (unpaired) electrons. The second-order valence-corrected chi connectivity index (χ2v) is 8.69. The van der Waals surface area contributed by atoms with Crippen LogP contribution in [0.4, 0.5) is 0 Å². The number of unbranched alkanes of at least 4 members (excludes halogenated alkanes) is 1. The van der Waals surface area contributed by atoms with E-state index in [0.29, 0.717) is 11.4 Å². The van der Waals surface area contributed by atoms with E-state index in [4.69, 9.17) is 4.74 Å². The average molecular weight is 411 g/mol. The largest absolute Gasteiger partial charge is 0.381 e. The Labute approximate surface area is 169 Å². The fourth-order valence-electron chi connectivity index (χ4n) is 2.50. The molecule has 0 unspecified atom stereocenters. The molecule has 1 aromatic carbocycles. The lowest BCUT2D eigenvalue weighted by Gasteiger charge is -2.11. The summed E-state index contributed by atoms with van der Waals surface area (Å²) in [6.45, 7) is 7.81. The summed E-state index contributed by atoms with van der Waals surface area (Å²) < 4.78 is 32.7. The molecule has 1 aliphatic rings. The Balaban J connectivity index is 1.79. The molecule has 0 saturated heterocycles.